The molecule has 4 fully saturated rings. The van der Waals surface area contributed by atoms with Gasteiger partial charge in [0.2, 0.25) is 0 Å². The monoisotopic (exact) mass is 915 g/mol. The summed E-state index contributed by atoms with van der Waals surface area (Å²) in [5, 5.41) is 0. The Morgan fingerprint density at radius 3 is 1.31 bits per heavy atom. The molecule has 4 bridgehead atoms. The van der Waals surface area contributed by atoms with E-state index >= 15 is 0 Å². The van der Waals surface area contributed by atoms with Crippen LogP contribution in [0.25, 0.3) is 44.5 Å². The van der Waals surface area contributed by atoms with Crippen LogP contribution in [0.4, 0.5) is 39.8 Å². The van der Waals surface area contributed by atoms with Crippen molar-refractivity contribution in [1.82, 2.24) is 0 Å². The Kier molecular flexibility index (Phi) is 9.85. The van der Waals surface area contributed by atoms with E-state index in [1.54, 1.807) is 0 Å². The minimum Gasteiger partial charge on any atom is -0.365 e. The van der Waals surface area contributed by atoms with Crippen LogP contribution in [0.1, 0.15) is 58.4 Å². The lowest BCUT2D eigenvalue weighted by Gasteiger charge is -2.57. The number of rotatable bonds is 7. The molecule has 6 aliphatic rings. The lowest BCUT2D eigenvalue weighted by atomic mass is 9.33. The SMILES string of the molecule is CC(C)(C)c1ccc(-c2cc3c4c(c2)N(c2ccc(-c5ccccc5)cc2)c2cc(N5C6CC7CC(C6)CC5C7)ccc2B4c2cc(-c4ccccc4)ccc2N3c2ccc(-c3ccccc3)cc2)cc1. The Labute approximate surface area is 420 Å². The third-order valence-electron chi connectivity index (χ3n) is 16.9. The van der Waals surface area contributed by atoms with Crippen molar-refractivity contribution in [2.45, 2.75) is 70.4 Å². The van der Waals surface area contributed by atoms with E-state index in [9.17, 15) is 0 Å². The van der Waals surface area contributed by atoms with Crippen molar-refractivity contribution in [3.05, 3.63) is 218 Å². The van der Waals surface area contributed by atoms with E-state index in [4.69, 9.17) is 0 Å². The summed E-state index contributed by atoms with van der Waals surface area (Å²) < 4.78 is 0. The zero-order chi connectivity index (χ0) is 47.4. The van der Waals surface area contributed by atoms with Crippen LogP contribution in [0.3, 0.4) is 0 Å². The molecule has 0 atom stereocenters. The molecule has 4 heteroatoms. The molecule has 15 rings (SSSR count). The maximum Gasteiger partial charge on any atom is 0.252 e. The summed E-state index contributed by atoms with van der Waals surface area (Å²) in [4.78, 5) is 8.08. The predicted molar refractivity (Wildman–Crippen MR) is 301 cm³/mol. The van der Waals surface area contributed by atoms with Gasteiger partial charge in [-0.1, -0.05) is 178 Å². The van der Waals surface area contributed by atoms with Gasteiger partial charge in [0, 0.05) is 51.9 Å². The fourth-order valence-corrected chi connectivity index (χ4v) is 13.7. The number of nitrogens with zero attached hydrogens (tertiary/aromatic N) is 3. The molecule has 0 spiro atoms. The van der Waals surface area contributed by atoms with Crippen LogP contribution in [-0.2, 0) is 5.41 Å². The minimum absolute atomic E-state index is 0.00628. The minimum atomic E-state index is -0.00628. The Morgan fingerprint density at radius 2 is 0.789 bits per heavy atom. The number of piperidine rings is 2. The highest BCUT2D eigenvalue weighted by Gasteiger charge is 2.48. The number of benzene rings is 9. The standard InChI is InChI=1S/C67H58BN3/c1-67(2,3)54-26-19-51(20-27-54)53-41-64-66-65(42-53)71(56-30-23-50(24-31-56)47-15-9-5-10-16-47)63-43-57(69-58-36-44-35-45(38-58)39-59(69)37-44)32-33-60(63)68(66)61-40-52(48-17-11-6-12-18-48)25-34-62(61)70(64)55-28-21-49(22-29-55)46-13-7-4-8-14-46/h4-34,40-45,58-59H,35-39H2,1-3H3. The molecule has 4 aliphatic heterocycles. The summed E-state index contributed by atoms with van der Waals surface area (Å²) in [6.07, 6.45) is 6.77. The Bertz CT molecular complexity index is 3420. The molecule has 2 saturated heterocycles. The van der Waals surface area contributed by atoms with Gasteiger partial charge in [0.15, 0.2) is 0 Å². The first-order chi connectivity index (χ1) is 34.8. The summed E-state index contributed by atoms with van der Waals surface area (Å²) in [6, 6.07) is 81.7. The molecule has 2 saturated carbocycles. The lowest BCUT2D eigenvalue weighted by Crippen LogP contribution is -2.61. The van der Waals surface area contributed by atoms with E-state index in [-0.39, 0.29) is 12.1 Å². The molecule has 0 N–H and O–H groups in total. The van der Waals surface area contributed by atoms with E-state index < -0.39 is 0 Å². The van der Waals surface area contributed by atoms with Gasteiger partial charge >= 0.3 is 0 Å². The first kappa shape index (κ1) is 42.3. The number of hydrogen-bond donors (Lipinski definition) is 0. The lowest BCUT2D eigenvalue weighted by molar-refractivity contribution is 0.0900. The van der Waals surface area contributed by atoms with Crippen molar-refractivity contribution < 1.29 is 0 Å². The molecule has 0 radical (unpaired) electrons. The van der Waals surface area contributed by atoms with Crippen molar-refractivity contribution in [3.8, 4) is 44.5 Å². The molecule has 344 valence electrons. The van der Waals surface area contributed by atoms with Gasteiger partial charge in [-0.3, -0.25) is 0 Å². The van der Waals surface area contributed by atoms with Crippen LogP contribution >= 0.6 is 0 Å². The summed E-state index contributed by atoms with van der Waals surface area (Å²) in [6.45, 7) is 6.91. The normalized spacial score (nSPS) is 19.4. The molecule has 9 aromatic rings. The van der Waals surface area contributed by atoms with Crippen LogP contribution in [0, 0.1) is 11.8 Å². The molecule has 71 heavy (non-hydrogen) atoms. The third kappa shape index (κ3) is 7.16. The Morgan fingerprint density at radius 1 is 0.352 bits per heavy atom. The quantitative estimate of drug-likeness (QED) is 0.148. The van der Waals surface area contributed by atoms with Gasteiger partial charge in [-0.25, -0.2) is 0 Å². The Hall–Kier alpha value is -7.56. The first-order valence-corrected chi connectivity index (χ1v) is 26.1. The molecule has 2 aliphatic carbocycles. The van der Waals surface area contributed by atoms with Gasteiger partial charge in [0.05, 0.1) is 0 Å². The molecule has 0 aromatic heterocycles. The van der Waals surface area contributed by atoms with Crippen LogP contribution in [0.2, 0.25) is 0 Å². The average molecular weight is 916 g/mol. The van der Waals surface area contributed by atoms with Crippen molar-refractivity contribution in [2.75, 3.05) is 14.7 Å². The van der Waals surface area contributed by atoms with Crippen LogP contribution < -0.4 is 31.1 Å². The molecule has 4 heterocycles. The second-order valence-electron chi connectivity index (χ2n) is 22.2. The van der Waals surface area contributed by atoms with Gasteiger partial charge in [0.25, 0.3) is 6.71 Å². The molecular formula is C67H58BN3. The maximum absolute atomic E-state index is 2.88. The number of anilines is 7. The summed E-state index contributed by atoms with van der Waals surface area (Å²) in [5.74, 6) is 1.78. The molecule has 3 nitrogen and oxygen atoms in total. The van der Waals surface area contributed by atoms with E-state index in [1.807, 2.05) is 0 Å². The fraction of sp³-hybridized carbons (Fsp3) is 0.194. The van der Waals surface area contributed by atoms with Crippen LogP contribution in [-0.4, -0.2) is 18.8 Å². The van der Waals surface area contributed by atoms with E-state index in [0.717, 1.165) is 17.5 Å². The summed E-state index contributed by atoms with van der Waals surface area (Å²) in [7, 11) is 0. The topological polar surface area (TPSA) is 9.72 Å². The van der Waals surface area contributed by atoms with E-state index in [0.29, 0.717) is 12.1 Å². The van der Waals surface area contributed by atoms with Crippen LogP contribution in [0.5, 0.6) is 0 Å². The predicted octanol–water partition coefficient (Wildman–Crippen LogP) is 15.5. The summed E-state index contributed by atoms with van der Waals surface area (Å²) >= 11 is 0. The highest BCUT2D eigenvalue weighted by atomic mass is 15.2. The van der Waals surface area contributed by atoms with Gasteiger partial charge in [-0.15, -0.1) is 0 Å². The number of hydrogen-bond acceptors (Lipinski definition) is 3. The molecular weight excluding hydrogens is 858 g/mol. The first-order valence-electron chi connectivity index (χ1n) is 26.1. The van der Waals surface area contributed by atoms with Crippen molar-refractivity contribution in [1.29, 1.82) is 0 Å². The van der Waals surface area contributed by atoms with Crippen molar-refractivity contribution in [3.63, 3.8) is 0 Å². The second-order valence-corrected chi connectivity index (χ2v) is 22.2. The van der Waals surface area contributed by atoms with Crippen LogP contribution in [0.15, 0.2) is 212 Å². The summed E-state index contributed by atoms with van der Waals surface area (Å²) in [5.41, 5.74) is 23.9. The number of fused-ring (bicyclic) bond motifs is 4. The van der Waals surface area contributed by atoms with Gasteiger partial charge in [-0.2, -0.15) is 0 Å². The fourth-order valence-electron chi connectivity index (χ4n) is 13.7. The largest absolute Gasteiger partial charge is 0.365 e. The molecule has 0 unspecified atom stereocenters. The average Bonchev–Trinajstić information content (AvgIpc) is 3.41. The zero-order valence-electron chi connectivity index (χ0n) is 41.0. The van der Waals surface area contributed by atoms with Crippen molar-refractivity contribution in [2.24, 2.45) is 11.8 Å². The molecule has 0 amide bonds. The van der Waals surface area contributed by atoms with E-state index in [2.05, 4.69) is 248 Å². The highest BCUT2D eigenvalue weighted by molar-refractivity contribution is 7.00. The maximum atomic E-state index is 2.88. The van der Waals surface area contributed by atoms with Gasteiger partial charge < -0.3 is 14.7 Å². The molecule has 9 aromatic carbocycles. The Balaban J connectivity index is 1.03. The van der Waals surface area contributed by atoms with Gasteiger partial charge in [-0.05, 0) is 170 Å². The highest BCUT2D eigenvalue weighted by Crippen LogP contribution is 2.52. The third-order valence-corrected chi connectivity index (χ3v) is 16.9. The zero-order valence-corrected chi connectivity index (χ0v) is 41.0. The van der Waals surface area contributed by atoms with E-state index in [1.165, 1.54) is 133 Å². The second kappa shape index (κ2) is 16.5. The van der Waals surface area contributed by atoms with Gasteiger partial charge in [0.1, 0.15) is 0 Å². The van der Waals surface area contributed by atoms with Crippen molar-refractivity contribution >= 4 is 62.9 Å². The smallest absolute Gasteiger partial charge is 0.252 e.